The summed E-state index contributed by atoms with van der Waals surface area (Å²) in [5, 5.41) is 0. The lowest BCUT2D eigenvalue weighted by molar-refractivity contribution is -0.137. The Morgan fingerprint density at radius 2 is 1.44 bits per heavy atom. The second kappa shape index (κ2) is 9.17. The molecule has 0 atom stereocenters. The second-order valence-corrected chi connectivity index (χ2v) is 8.46. The Labute approximate surface area is 182 Å². The second-order valence-electron chi connectivity index (χ2n) is 6.73. The molecule has 0 aliphatic heterocycles. The summed E-state index contributed by atoms with van der Waals surface area (Å²) in [5.41, 5.74) is 0.0243. The van der Waals surface area contributed by atoms with E-state index < -0.39 is 27.6 Å². The van der Waals surface area contributed by atoms with Gasteiger partial charge in [0.1, 0.15) is 5.82 Å². The molecule has 1 N–H and O–H groups in total. The van der Waals surface area contributed by atoms with Crippen LogP contribution >= 0.6 is 0 Å². The molecule has 170 valence electrons. The van der Waals surface area contributed by atoms with Gasteiger partial charge in [-0.2, -0.15) is 13.2 Å². The van der Waals surface area contributed by atoms with Crippen molar-refractivity contribution in [3.63, 3.8) is 0 Å². The topological polar surface area (TPSA) is 64.6 Å². The molecule has 0 aromatic heterocycles. The number of alkyl halides is 3. The maximum absolute atomic E-state index is 13.1. The van der Waals surface area contributed by atoms with Crippen LogP contribution in [0.25, 0.3) is 11.1 Å². The average molecular weight is 469 g/mol. The van der Waals surface area contributed by atoms with Gasteiger partial charge in [0, 0.05) is 18.2 Å². The SMILES string of the molecule is COc1cc(-c2ccc(C(F)(F)F)cc2)c(S(=O)(=O)NCc2ccc(F)cc2)cc1OC. The van der Waals surface area contributed by atoms with Crippen molar-refractivity contribution in [2.24, 2.45) is 0 Å². The maximum atomic E-state index is 13.1. The van der Waals surface area contributed by atoms with Crippen LogP contribution in [-0.4, -0.2) is 22.6 Å². The lowest BCUT2D eigenvalue weighted by Crippen LogP contribution is -2.24. The van der Waals surface area contributed by atoms with Crippen molar-refractivity contribution < 1.29 is 35.5 Å². The van der Waals surface area contributed by atoms with Crippen LogP contribution in [0.4, 0.5) is 17.6 Å². The van der Waals surface area contributed by atoms with E-state index in [9.17, 15) is 26.0 Å². The van der Waals surface area contributed by atoms with Crippen LogP contribution in [0.15, 0.2) is 65.6 Å². The van der Waals surface area contributed by atoms with Crippen LogP contribution in [0.2, 0.25) is 0 Å². The molecule has 0 radical (unpaired) electrons. The summed E-state index contributed by atoms with van der Waals surface area (Å²) in [5.74, 6) is -0.119. The van der Waals surface area contributed by atoms with E-state index in [2.05, 4.69) is 4.72 Å². The highest BCUT2D eigenvalue weighted by atomic mass is 32.2. The number of benzene rings is 3. The van der Waals surface area contributed by atoms with Gasteiger partial charge in [0.25, 0.3) is 0 Å². The van der Waals surface area contributed by atoms with Crippen molar-refractivity contribution >= 4 is 10.0 Å². The van der Waals surface area contributed by atoms with E-state index >= 15 is 0 Å². The van der Waals surface area contributed by atoms with E-state index in [0.717, 1.165) is 12.1 Å². The molecule has 0 aliphatic carbocycles. The van der Waals surface area contributed by atoms with E-state index in [-0.39, 0.29) is 34.1 Å². The van der Waals surface area contributed by atoms with Crippen LogP contribution in [0.5, 0.6) is 11.5 Å². The molecule has 3 aromatic carbocycles. The predicted molar refractivity (Wildman–Crippen MR) is 110 cm³/mol. The van der Waals surface area contributed by atoms with Gasteiger partial charge in [0.2, 0.25) is 10.0 Å². The monoisotopic (exact) mass is 469 g/mol. The molecule has 0 fully saturated rings. The van der Waals surface area contributed by atoms with Crippen LogP contribution in [-0.2, 0) is 22.7 Å². The lowest BCUT2D eigenvalue weighted by atomic mass is 10.0. The third-order valence-corrected chi connectivity index (χ3v) is 6.12. The Morgan fingerprint density at radius 1 is 0.875 bits per heavy atom. The zero-order valence-corrected chi connectivity index (χ0v) is 17.9. The zero-order chi connectivity index (χ0) is 23.5. The Hall–Kier alpha value is -3.11. The van der Waals surface area contributed by atoms with Gasteiger partial charge in [-0.3, -0.25) is 0 Å². The van der Waals surface area contributed by atoms with Gasteiger partial charge in [0.15, 0.2) is 11.5 Å². The summed E-state index contributed by atoms with van der Waals surface area (Å²) in [7, 11) is -1.46. The Balaban J connectivity index is 2.05. The minimum Gasteiger partial charge on any atom is -0.493 e. The Kier molecular flexibility index (Phi) is 6.75. The summed E-state index contributed by atoms with van der Waals surface area (Å²) in [6, 6.07) is 12.0. The van der Waals surface area contributed by atoms with E-state index in [1.54, 1.807) is 0 Å². The molecule has 0 saturated carbocycles. The Morgan fingerprint density at radius 3 is 1.97 bits per heavy atom. The fourth-order valence-corrected chi connectivity index (χ4v) is 4.25. The third kappa shape index (κ3) is 5.20. The number of hydrogen-bond acceptors (Lipinski definition) is 4. The molecule has 0 saturated heterocycles. The van der Waals surface area contributed by atoms with Crippen molar-refractivity contribution in [1.29, 1.82) is 0 Å². The van der Waals surface area contributed by atoms with Crippen molar-refractivity contribution in [3.05, 3.63) is 77.6 Å². The average Bonchev–Trinajstić information content (AvgIpc) is 2.77. The summed E-state index contributed by atoms with van der Waals surface area (Å²) in [6.45, 7) is -0.122. The number of rotatable bonds is 7. The van der Waals surface area contributed by atoms with Crippen LogP contribution in [0.3, 0.4) is 0 Å². The molecular formula is C22H19F4NO4S. The quantitative estimate of drug-likeness (QED) is 0.495. The van der Waals surface area contributed by atoms with Crippen molar-refractivity contribution in [1.82, 2.24) is 4.72 Å². The number of sulfonamides is 1. The zero-order valence-electron chi connectivity index (χ0n) is 17.0. The highest BCUT2D eigenvalue weighted by molar-refractivity contribution is 7.89. The first-order chi connectivity index (χ1) is 15.0. The summed E-state index contributed by atoms with van der Waals surface area (Å²) < 4.78 is 90.9. The summed E-state index contributed by atoms with van der Waals surface area (Å²) in [4.78, 5) is -0.211. The number of hydrogen-bond donors (Lipinski definition) is 1. The lowest BCUT2D eigenvalue weighted by Gasteiger charge is -2.16. The highest BCUT2D eigenvalue weighted by Gasteiger charge is 2.30. The van der Waals surface area contributed by atoms with Gasteiger partial charge in [-0.15, -0.1) is 0 Å². The number of halogens is 4. The van der Waals surface area contributed by atoms with Gasteiger partial charge in [-0.1, -0.05) is 24.3 Å². The molecule has 0 bridgehead atoms. The van der Waals surface area contributed by atoms with Crippen molar-refractivity contribution in [2.75, 3.05) is 14.2 Å². The molecule has 3 rings (SSSR count). The highest BCUT2D eigenvalue weighted by Crippen LogP contribution is 2.39. The molecule has 5 nitrogen and oxygen atoms in total. The molecule has 3 aromatic rings. The smallest absolute Gasteiger partial charge is 0.416 e. The number of nitrogens with one attached hydrogen (secondary N) is 1. The van der Waals surface area contributed by atoms with Gasteiger partial charge in [-0.25, -0.2) is 17.5 Å². The molecule has 10 heteroatoms. The van der Waals surface area contributed by atoms with Gasteiger partial charge < -0.3 is 9.47 Å². The largest absolute Gasteiger partial charge is 0.493 e. The molecule has 0 aliphatic rings. The maximum Gasteiger partial charge on any atom is 0.416 e. The van der Waals surface area contributed by atoms with E-state index in [4.69, 9.17) is 9.47 Å². The molecule has 0 heterocycles. The van der Waals surface area contributed by atoms with Crippen LogP contribution < -0.4 is 14.2 Å². The van der Waals surface area contributed by atoms with E-state index in [0.29, 0.717) is 5.56 Å². The van der Waals surface area contributed by atoms with Crippen molar-refractivity contribution in [2.45, 2.75) is 17.6 Å². The summed E-state index contributed by atoms with van der Waals surface area (Å²) in [6.07, 6.45) is -4.53. The number of ether oxygens (including phenoxy) is 2. The predicted octanol–water partition coefficient (Wildman–Crippen LogP) is 5.01. The molecule has 0 spiro atoms. The first-order valence-electron chi connectivity index (χ1n) is 9.23. The molecule has 0 unspecified atom stereocenters. The standard InChI is InChI=1S/C22H19F4NO4S/c1-30-19-11-18(15-5-7-16(8-6-15)22(24,25)26)21(12-20(19)31-2)32(28,29)27-13-14-3-9-17(23)10-4-14/h3-12,27H,13H2,1-2H3. The van der Waals surface area contributed by atoms with Crippen LogP contribution in [0.1, 0.15) is 11.1 Å². The van der Waals surface area contributed by atoms with Crippen molar-refractivity contribution in [3.8, 4) is 22.6 Å². The minimum atomic E-state index is -4.53. The van der Waals surface area contributed by atoms with E-state index in [1.165, 1.54) is 62.8 Å². The molecular weight excluding hydrogens is 450 g/mol. The van der Waals surface area contributed by atoms with Gasteiger partial charge >= 0.3 is 6.18 Å². The number of methoxy groups -OCH3 is 2. The Bertz CT molecular complexity index is 1190. The fraction of sp³-hybridized carbons (Fsp3) is 0.182. The molecule has 32 heavy (non-hydrogen) atoms. The normalized spacial score (nSPS) is 11.9. The third-order valence-electron chi connectivity index (χ3n) is 4.68. The summed E-state index contributed by atoms with van der Waals surface area (Å²) >= 11 is 0. The van der Waals surface area contributed by atoms with E-state index in [1.807, 2.05) is 0 Å². The first-order valence-corrected chi connectivity index (χ1v) is 10.7. The van der Waals surface area contributed by atoms with Crippen LogP contribution in [0, 0.1) is 5.82 Å². The van der Waals surface area contributed by atoms with Gasteiger partial charge in [-0.05, 0) is 41.5 Å². The molecule has 0 amide bonds. The van der Waals surface area contributed by atoms with Gasteiger partial charge in [0.05, 0.1) is 24.7 Å². The fourth-order valence-electron chi connectivity index (χ4n) is 3.01. The first kappa shape index (κ1) is 23.6. The minimum absolute atomic E-state index is 0.122.